The number of hydrogen-bond acceptors (Lipinski definition) is 4. The topological polar surface area (TPSA) is 42.0 Å². The standard InChI is InChI=1S/C11H12N2OS2/c1-7(2)15-11-13-9-4-3-8(12-6-14)5-10(9)16-11/h3-7H,1-2H3,(H,12,14). The quantitative estimate of drug-likeness (QED) is 0.670. The fraction of sp³-hybridized carbons (Fsp3) is 0.273. The van der Waals surface area contributed by atoms with Crippen molar-refractivity contribution >= 4 is 45.4 Å². The Balaban J connectivity index is 2.34. The van der Waals surface area contributed by atoms with Gasteiger partial charge in [0.05, 0.1) is 10.2 Å². The van der Waals surface area contributed by atoms with Crippen LogP contribution in [0, 0.1) is 0 Å². The number of nitrogens with one attached hydrogen (secondary N) is 1. The van der Waals surface area contributed by atoms with Gasteiger partial charge in [-0.15, -0.1) is 11.3 Å². The van der Waals surface area contributed by atoms with Gasteiger partial charge in [0.15, 0.2) is 4.34 Å². The van der Waals surface area contributed by atoms with Crippen molar-refractivity contribution in [2.45, 2.75) is 23.4 Å². The molecule has 1 N–H and O–H groups in total. The zero-order valence-electron chi connectivity index (χ0n) is 9.06. The number of rotatable bonds is 4. The second-order valence-electron chi connectivity index (χ2n) is 3.59. The maximum absolute atomic E-state index is 10.3. The number of anilines is 1. The molecule has 1 aromatic carbocycles. The number of amides is 1. The molecular weight excluding hydrogens is 240 g/mol. The van der Waals surface area contributed by atoms with Crippen LogP contribution in [0.25, 0.3) is 10.2 Å². The third-order valence-electron chi connectivity index (χ3n) is 1.93. The van der Waals surface area contributed by atoms with Gasteiger partial charge in [-0.1, -0.05) is 25.6 Å². The minimum atomic E-state index is 0.535. The van der Waals surface area contributed by atoms with Crippen molar-refractivity contribution in [1.82, 2.24) is 4.98 Å². The normalized spacial score (nSPS) is 10.9. The summed E-state index contributed by atoms with van der Waals surface area (Å²) in [7, 11) is 0. The van der Waals surface area contributed by atoms with E-state index in [1.54, 1.807) is 23.1 Å². The van der Waals surface area contributed by atoms with Crippen LogP contribution in [0.2, 0.25) is 0 Å². The van der Waals surface area contributed by atoms with Gasteiger partial charge in [0, 0.05) is 10.9 Å². The highest BCUT2D eigenvalue weighted by Crippen LogP contribution is 2.32. The molecule has 84 valence electrons. The first-order valence-corrected chi connectivity index (χ1v) is 6.66. The molecule has 0 saturated carbocycles. The second-order valence-corrected chi connectivity index (χ2v) is 6.45. The van der Waals surface area contributed by atoms with E-state index in [1.807, 2.05) is 18.2 Å². The molecule has 0 atom stereocenters. The van der Waals surface area contributed by atoms with Crippen LogP contribution in [0.1, 0.15) is 13.8 Å². The van der Waals surface area contributed by atoms with Crippen LogP contribution >= 0.6 is 23.1 Å². The van der Waals surface area contributed by atoms with Gasteiger partial charge in [0.2, 0.25) is 6.41 Å². The molecule has 0 bridgehead atoms. The van der Waals surface area contributed by atoms with E-state index in [9.17, 15) is 4.79 Å². The summed E-state index contributed by atoms with van der Waals surface area (Å²) in [5.74, 6) is 0. The third-order valence-corrected chi connectivity index (χ3v) is 4.05. The van der Waals surface area contributed by atoms with Gasteiger partial charge >= 0.3 is 0 Å². The number of benzene rings is 1. The van der Waals surface area contributed by atoms with Crippen molar-refractivity contribution < 1.29 is 4.79 Å². The molecule has 0 radical (unpaired) electrons. The summed E-state index contributed by atoms with van der Waals surface area (Å²) in [4.78, 5) is 14.9. The fourth-order valence-electron chi connectivity index (χ4n) is 1.31. The zero-order chi connectivity index (χ0) is 11.5. The van der Waals surface area contributed by atoms with Gasteiger partial charge in [0.1, 0.15) is 0 Å². The van der Waals surface area contributed by atoms with Crippen LogP contribution in [-0.4, -0.2) is 16.6 Å². The van der Waals surface area contributed by atoms with Gasteiger partial charge in [-0.25, -0.2) is 4.98 Å². The summed E-state index contributed by atoms with van der Waals surface area (Å²) in [6, 6.07) is 5.74. The van der Waals surface area contributed by atoms with E-state index in [1.165, 1.54) is 0 Å². The Hall–Kier alpha value is -1.07. The van der Waals surface area contributed by atoms with Gasteiger partial charge in [-0.2, -0.15) is 0 Å². The smallest absolute Gasteiger partial charge is 0.211 e. The summed E-state index contributed by atoms with van der Waals surface area (Å²) < 4.78 is 2.18. The monoisotopic (exact) mass is 252 g/mol. The Morgan fingerprint density at radius 1 is 1.50 bits per heavy atom. The molecular formula is C11H12N2OS2. The number of carbonyl (C=O) groups is 1. The number of thioether (sulfide) groups is 1. The minimum absolute atomic E-state index is 0.535. The fourth-order valence-corrected chi connectivity index (χ4v) is 3.64. The molecule has 0 aliphatic carbocycles. The van der Waals surface area contributed by atoms with Crippen LogP contribution in [0.3, 0.4) is 0 Å². The molecule has 0 fully saturated rings. The van der Waals surface area contributed by atoms with Crippen molar-refractivity contribution in [2.24, 2.45) is 0 Å². The molecule has 1 heterocycles. The van der Waals surface area contributed by atoms with E-state index in [4.69, 9.17) is 0 Å². The Morgan fingerprint density at radius 2 is 2.31 bits per heavy atom. The molecule has 0 spiro atoms. The highest BCUT2D eigenvalue weighted by molar-refractivity contribution is 8.01. The summed E-state index contributed by atoms with van der Waals surface area (Å²) in [6.07, 6.45) is 0.686. The number of carbonyl (C=O) groups excluding carboxylic acids is 1. The number of aromatic nitrogens is 1. The van der Waals surface area contributed by atoms with E-state index in [0.717, 1.165) is 20.2 Å². The molecule has 3 nitrogen and oxygen atoms in total. The first-order chi connectivity index (χ1) is 7.69. The third kappa shape index (κ3) is 2.54. The lowest BCUT2D eigenvalue weighted by Crippen LogP contribution is -1.92. The van der Waals surface area contributed by atoms with Crippen LogP contribution < -0.4 is 5.32 Å². The molecule has 0 aliphatic rings. The largest absolute Gasteiger partial charge is 0.329 e. The molecule has 0 aliphatic heterocycles. The van der Waals surface area contributed by atoms with Crippen LogP contribution in [-0.2, 0) is 4.79 Å². The average Bonchev–Trinajstić information content (AvgIpc) is 2.58. The van der Waals surface area contributed by atoms with Crippen molar-refractivity contribution in [3.8, 4) is 0 Å². The Morgan fingerprint density at radius 3 is 3.00 bits per heavy atom. The summed E-state index contributed by atoms with van der Waals surface area (Å²) in [5.41, 5.74) is 1.80. The molecule has 0 saturated heterocycles. The lowest BCUT2D eigenvalue weighted by Gasteiger charge is -1.97. The maximum atomic E-state index is 10.3. The van der Waals surface area contributed by atoms with E-state index < -0.39 is 0 Å². The molecule has 2 rings (SSSR count). The summed E-state index contributed by atoms with van der Waals surface area (Å²) in [6.45, 7) is 4.30. The van der Waals surface area contributed by atoms with Crippen molar-refractivity contribution in [3.63, 3.8) is 0 Å². The van der Waals surface area contributed by atoms with Gasteiger partial charge in [-0.3, -0.25) is 4.79 Å². The molecule has 2 aromatic rings. The zero-order valence-corrected chi connectivity index (χ0v) is 10.7. The van der Waals surface area contributed by atoms with Gasteiger partial charge in [-0.05, 0) is 18.2 Å². The molecule has 0 unspecified atom stereocenters. The Kier molecular flexibility index (Phi) is 3.46. The minimum Gasteiger partial charge on any atom is -0.329 e. The van der Waals surface area contributed by atoms with Crippen molar-refractivity contribution in [1.29, 1.82) is 0 Å². The number of fused-ring (bicyclic) bond motifs is 1. The van der Waals surface area contributed by atoms with Gasteiger partial charge in [0.25, 0.3) is 0 Å². The van der Waals surface area contributed by atoms with Crippen LogP contribution in [0.4, 0.5) is 5.69 Å². The van der Waals surface area contributed by atoms with E-state index >= 15 is 0 Å². The van der Waals surface area contributed by atoms with Crippen LogP contribution in [0.15, 0.2) is 22.5 Å². The lowest BCUT2D eigenvalue weighted by atomic mass is 10.3. The Bertz CT molecular complexity index is 508. The van der Waals surface area contributed by atoms with E-state index in [-0.39, 0.29) is 0 Å². The Labute approximate surface area is 102 Å². The predicted octanol–water partition coefficient (Wildman–Crippen LogP) is 3.37. The van der Waals surface area contributed by atoms with Crippen molar-refractivity contribution in [2.75, 3.05) is 5.32 Å². The molecule has 1 aromatic heterocycles. The maximum Gasteiger partial charge on any atom is 0.211 e. The average molecular weight is 252 g/mol. The number of thiazole rings is 1. The predicted molar refractivity (Wildman–Crippen MR) is 70.3 cm³/mol. The highest BCUT2D eigenvalue weighted by Gasteiger charge is 2.06. The van der Waals surface area contributed by atoms with Crippen LogP contribution in [0.5, 0.6) is 0 Å². The van der Waals surface area contributed by atoms with Gasteiger partial charge < -0.3 is 5.32 Å². The molecule has 5 heteroatoms. The van der Waals surface area contributed by atoms with E-state index in [0.29, 0.717) is 11.7 Å². The SMILES string of the molecule is CC(C)Sc1nc2ccc(NC=O)cc2s1. The first kappa shape index (κ1) is 11.4. The van der Waals surface area contributed by atoms with E-state index in [2.05, 4.69) is 24.1 Å². The number of nitrogens with zero attached hydrogens (tertiary/aromatic N) is 1. The number of hydrogen-bond donors (Lipinski definition) is 1. The highest BCUT2D eigenvalue weighted by atomic mass is 32.2. The first-order valence-electron chi connectivity index (χ1n) is 4.96. The van der Waals surface area contributed by atoms with Crippen molar-refractivity contribution in [3.05, 3.63) is 18.2 Å². The summed E-state index contributed by atoms with van der Waals surface area (Å²) in [5, 5.41) is 3.18. The molecule has 16 heavy (non-hydrogen) atoms. The summed E-state index contributed by atoms with van der Waals surface area (Å²) >= 11 is 3.42. The lowest BCUT2D eigenvalue weighted by molar-refractivity contribution is -0.105. The molecule has 1 amide bonds. The second kappa shape index (κ2) is 4.84.